The number of carbonyl (C=O) groups is 1. The lowest BCUT2D eigenvalue weighted by Gasteiger charge is -2.21. The minimum Gasteiger partial charge on any atom is -0.466 e. The van der Waals surface area contributed by atoms with Crippen LogP contribution in [-0.4, -0.2) is 28.1 Å². The zero-order chi connectivity index (χ0) is 9.78. The maximum absolute atomic E-state index is 10.9. The van der Waals surface area contributed by atoms with Crippen LogP contribution >= 0.6 is 23.2 Å². The molecule has 0 fully saturated rings. The summed E-state index contributed by atoms with van der Waals surface area (Å²) in [6.45, 7) is 3.38. The molecule has 0 spiro atoms. The lowest BCUT2D eigenvalue weighted by atomic mass is 10.2. The lowest BCUT2D eigenvalue weighted by molar-refractivity contribution is -0.143. The Morgan fingerprint density at radius 3 is 2.50 bits per heavy atom. The van der Waals surface area contributed by atoms with Crippen LogP contribution in [0.1, 0.15) is 20.3 Å². The summed E-state index contributed by atoms with van der Waals surface area (Å²) in [4.78, 5) is 10.9. The first-order valence-corrected chi connectivity index (χ1v) is 4.37. The molecule has 0 saturated carbocycles. The molecule has 0 heterocycles. The predicted molar refractivity (Wildman–Crippen MR) is 47.4 cm³/mol. The van der Waals surface area contributed by atoms with Crippen LogP contribution < -0.4 is 0 Å². The zero-order valence-electron chi connectivity index (χ0n) is 7.01. The van der Waals surface area contributed by atoms with Crippen molar-refractivity contribution >= 4 is 29.2 Å². The molecule has 0 bridgehead atoms. The Bertz CT molecular complexity index is 157. The molecule has 0 aliphatic heterocycles. The number of ether oxygens (including phenoxy) is 1. The average Bonchev–Trinajstić information content (AvgIpc) is 1.85. The summed E-state index contributed by atoms with van der Waals surface area (Å²) in [6, 6.07) is 0. The fraction of sp³-hybridized carbons (Fsp3) is 0.857. The lowest BCUT2D eigenvalue weighted by Crippen LogP contribution is -2.31. The van der Waals surface area contributed by atoms with E-state index in [0.29, 0.717) is 0 Å². The van der Waals surface area contributed by atoms with Crippen molar-refractivity contribution in [1.82, 2.24) is 0 Å². The quantitative estimate of drug-likeness (QED) is 0.570. The maximum Gasteiger partial charge on any atom is 0.308 e. The third-order valence-electron chi connectivity index (χ3n) is 1.30. The number of aliphatic hydroxyl groups is 1. The Morgan fingerprint density at radius 2 is 2.17 bits per heavy atom. The van der Waals surface area contributed by atoms with Crippen molar-refractivity contribution in [3.8, 4) is 0 Å². The van der Waals surface area contributed by atoms with Crippen molar-refractivity contribution in [3.05, 3.63) is 0 Å². The fourth-order valence-electron chi connectivity index (χ4n) is 0.552. The van der Waals surface area contributed by atoms with Gasteiger partial charge in [0.1, 0.15) is 0 Å². The van der Waals surface area contributed by atoms with Crippen LogP contribution in [0, 0.1) is 0 Å². The first-order chi connectivity index (χ1) is 5.40. The molecule has 0 rings (SSSR count). The van der Waals surface area contributed by atoms with Gasteiger partial charge in [0.05, 0.1) is 19.1 Å². The summed E-state index contributed by atoms with van der Waals surface area (Å²) in [5.41, 5.74) is 0. The SMILES string of the molecule is CCOC(=O)CC(Cl)(Cl)C(C)O. The van der Waals surface area contributed by atoms with E-state index in [1.807, 2.05) is 0 Å². The monoisotopic (exact) mass is 214 g/mol. The number of rotatable bonds is 4. The minimum atomic E-state index is -1.45. The van der Waals surface area contributed by atoms with Crippen molar-refractivity contribution in [2.75, 3.05) is 6.61 Å². The molecule has 3 nitrogen and oxygen atoms in total. The van der Waals surface area contributed by atoms with Crippen LogP contribution in [-0.2, 0) is 9.53 Å². The Kier molecular flexibility index (Phi) is 4.90. The highest BCUT2D eigenvalue weighted by molar-refractivity contribution is 6.49. The molecule has 0 saturated heterocycles. The summed E-state index contributed by atoms with van der Waals surface area (Å²) in [7, 11) is 0. The third kappa shape index (κ3) is 4.14. The summed E-state index contributed by atoms with van der Waals surface area (Å²) in [6.07, 6.45) is -1.17. The van der Waals surface area contributed by atoms with Crippen LogP contribution in [0.4, 0.5) is 0 Å². The number of halogens is 2. The van der Waals surface area contributed by atoms with Gasteiger partial charge in [-0.05, 0) is 13.8 Å². The Balaban J connectivity index is 3.97. The van der Waals surface area contributed by atoms with Gasteiger partial charge in [-0.1, -0.05) is 23.2 Å². The highest BCUT2D eigenvalue weighted by Crippen LogP contribution is 2.29. The Morgan fingerprint density at radius 1 is 1.67 bits per heavy atom. The largest absolute Gasteiger partial charge is 0.466 e. The van der Waals surface area contributed by atoms with Crippen LogP contribution in [0.15, 0.2) is 0 Å². The van der Waals surface area contributed by atoms with Gasteiger partial charge in [0, 0.05) is 0 Å². The second kappa shape index (κ2) is 4.90. The van der Waals surface area contributed by atoms with E-state index in [0.717, 1.165) is 0 Å². The van der Waals surface area contributed by atoms with Gasteiger partial charge < -0.3 is 9.84 Å². The normalized spacial score (nSPS) is 14.1. The van der Waals surface area contributed by atoms with Crippen molar-refractivity contribution in [1.29, 1.82) is 0 Å². The molecule has 72 valence electrons. The van der Waals surface area contributed by atoms with E-state index in [2.05, 4.69) is 4.74 Å². The molecule has 0 aromatic rings. The molecule has 5 heteroatoms. The highest BCUT2D eigenvalue weighted by atomic mass is 35.5. The summed E-state index contributed by atoms with van der Waals surface area (Å²) in [5.74, 6) is -0.511. The molecule has 0 amide bonds. The smallest absolute Gasteiger partial charge is 0.308 e. The third-order valence-corrected chi connectivity index (χ3v) is 2.20. The Labute approximate surface area is 81.6 Å². The van der Waals surface area contributed by atoms with E-state index in [1.54, 1.807) is 6.92 Å². The van der Waals surface area contributed by atoms with Crippen molar-refractivity contribution in [2.45, 2.75) is 30.7 Å². The summed E-state index contributed by atoms with van der Waals surface area (Å²) < 4.78 is 3.16. The molecular formula is C7H12Cl2O3. The number of hydrogen-bond acceptors (Lipinski definition) is 3. The number of carbonyl (C=O) groups excluding carboxylic acids is 1. The van der Waals surface area contributed by atoms with Crippen LogP contribution in [0.5, 0.6) is 0 Å². The minimum absolute atomic E-state index is 0.207. The van der Waals surface area contributed by atoms with E-state index in [-0.39, 0.29) is 13.0 Å². The Hall–Kier alpha value is 0.01000. The molecule has 0 radical (unpaired) electrons. The molecule has 0 aromatic carbocycles. The predicted octanol–water partition coefficient (Wildman–Crippen LogP) is 1.49. The van der Waals surface area contributed by atoms with Gasteiger partial charge >= 0.3 is 5.97 Å². The molecule has 1 unspecified atom stereocenters. The van der Waals surface area contributed by atoms with Gasteiger partial charge in [-0.2, -0.15) is 0 Å². The van der Waals surface area contributed by atoms with Gasteiger partial charge in [0.15, 0.2) is 4.33 Å². The van der Waals surface area contributed by atoms with E-state index in [9.17, 15) is 4.79 Å². The van der Waals surface area contributed by atoms with E-state index in [1.165, 1.54) is 6.92 Å². The van der Waals surface area contributed by atoms with Crippen molar-refractivity contribution in [3.63, 3.8) is 0 Å². The van der Waals surface area contributed by atoms with Gasteiger partial charge in [-0.25, -0.2) is 0 Å². The molecule has 1 atom stereocenters. The van der Waals surface area contributed by atoms with Crippen molar-refractivity contribution in [2.24, 2.45) is 0 Å². The molecule has 0 aromatic heterocycles. The molecule has 12 heavy (non-hydrogen) atoms. The average molecular weight is 215 g/mol. The second-order valence-electron chi connectivity index (χ2n) is 2.42. The first-order valence-electron chi connectivity index (χ1n) is 3.61. The second-order valence-corrected chi connectivity index (χ2v) is 3.96. The molecular weight excluding hydrogens is 203 g/mol. The van der Waals surface area contributed by atoms with Gasteiger partial charge in [-0.15, -0.1) is 0 Å². The van der Waals surface area contributed by atoms with Crippen LogP contribution in [0.2, 0.25) is 0 Å². The topological polar surface area (TPSA) is 46.5 Å². The van der Waals surface area contributed by atoms with Gasteiger partial charge in [0.25, 0.3) is 0 Å². The summed E-state index contributed by atoms with van der Waals surface area (Å²) >= 11 is 11.2. The zero-order valence-corrected chi connectivity index (χ0v) is 8.52. The van der Waals surface area contributed by atoms with E-state index in [4.69, 9.17) is 28.3 Å². The highest BCUT2D eigenvalue weighted by Gasteiger charge is 2.33. The summed E-state index contributed by atoms with van der Waals surface area (Å²) in [5, 5.41) is 9.03. The standard InChI is InChI=1S/C7H12Cl2O3/c1-3-12-6(11)4-7(8,9)5(2)10/h5,10H,3-4H2,1-2H3. The van der Waals surface area contributed by atoms with Crippen LogP contribution in [0.3, 0.4) is 0 Å². The fourth-order valence-corrected chi connectivity index (χ4v) is 0.770. The molecule has 0 aliphatic carbocycles. The maximum atomic E-state index is 10.9. The van der Waals surface area contributed by atoms with E-state index >= 15 is 0 Å². The number of aliphatic hydroxyl groups excluding tert-OH is 1. The van der Waals surface area contributed by atoms with E-state index < -0.39 is 16.4 Å². The first kappa shape index (κ1) is 12.0. The molecule has 1 N–H and O–H groups in total. The van der Waals surface area contributed by atoms with Crippen molar-refractivity contribution < 1.29 is 14.6 Å². The molecule has 0 aliphatic rings. The number of hydrogen-bond donors (Lipinski definition) is 1. The van der Waals surface area contributed by atoms with Crippen LogP contribution in [0.25, 0.3) is 0 Å². The van der Waals surface area contributed by atoms with Gasteiger partial charge in [0.2, 0.25) is 0 Å². The van der Waals surface area contributed by atoms with Gasteiger partial charge in [-0.3, -0.25) is 4.79 Å². The number of esters is 1. The number of alkyl halides is 2.